The Bertz CT molecular complexity index is 390. The molecular weight excluding hydrogens is 346 g/mol. The van der Waals surface area contributed by atoms with Gasteiger partial charge in [0.1, 0.15) is 0 Å². The predicted octanol–water partition coefficient (Wildman–Crippen LogP) is 3.80. The average molecular weight is 374 g/mol. The second kappa shape index (κ2) is 11.3. The average Bonchev–Trinajstić information content (AvgIpc) is 2.46. The summed E-state index contributed by atoms with van der Waals surface area (Å²) < 4.78 is 52.0. The van der Waals surface area contributed by atoms with Gasteiger partial charge in [0, 0.05) is 0 Å². The largest absolute Gasteiger partial charge is 0.466 e. The Morgan fingerprint density at radius 2 is 1.09 bits per heavy atom. The van der Waals surface area contributed by atoms with Crippen LogP contribution in [-0.4, -0.2) is 44.4 Å². The molecular formula is C13H28O8P2. The molecule has 8 nitrogen and oxygen atoms in total. The van der Waals surface area contributed by atoms with Crippen molar-refractivity contribution >= 4 is 21.2 Å². The molecule has 0 aromatic carbocycles. The van der Waals surface area contributed by atoms with Crippen LogP contribution in [0.5, 0.6) is 0 Å². The van der Waals surface area contributed by atoms with Gasteiger partial charge in [-0.15, -0.1) is 0 Å². The molecule has 0 aromatic rings. The van der Waals surface area contributed by atoms with Crippen LogP contribution >= 0.6 is 15.2 Å². The summed E-state index contributed by atoms with van der Waals surface area (Å²) in [6.45, 7) is 8.54. The summed E-state index contributed by atoms with van der Waals surface area (Å²) in [5.41, 5.74) is 0. The van der Waals surface area contributed by atoms with E-state index in [2.05, 4.69) is 0 Å². The highest BCUT2D eigenvalue weighted by molar-refractivity contribution is 7.72. The molecule has 0 aromatic heterocycles. The maximum absolute atomic E-state index is 13.1. The number of carbonyl (C=O) groups is 1. The first kappa shape index (κ1) is 22.8. The number of hydrogen-bond acceptors (Lipinski definition) is 8. The van der Waals surface area contributed by atoms with Crippen molar-refractivity contribution in [3.05, 3.63) is 0 Å². The molecule has 0 radical (unpaired) electrons. The van der Waals surface area contributed by atoms with E-state index in [1.54, 1.807) is 34.6 Å². The van der Waals surface area contributed by atoms with E-state index in [-0.39, 0.29) is 33.0 Å². The van der Waals surface area contributed by atoms with Crippen molar-refractivity contribution in [2.24, 2.45) is 0 Å². The van der Waals surface area contributed by atoms with Crippen molar-refractivity contribution in [2.75, 3.05) is 33.0 Å². The fraction of sp³-hybridized carbons (Fsp3) is 0.923. The second-order valence-corrected chi connectivity index (χ2v) is 9.09. The van der Waals surface area contributed by atoms with Gasteiger partial charge in [-0.2, -0.15) is 0 Å². The Hall–Kier alpha value is -0.230. The van der Waals surface area contributed by atoms with Gasteiger partial charge < -0.3 is 22.8 Å². The summed E-state index contributed by atoms with van der Waals surface area (Å²) >= 11 is 0. The van der Waals surface area contributed by atoms with E-state index in [9.17, 15) is 13.9 Å². The molecule has 0 saturated heterocycles. The quantitative estimate of drug-likeness (QED) is 0.355. The maximum atomic E-state index is 13.1. The van der Waals surface area contributed by atoms with Crippen molar-refractivity contribution in [3.63, 3.8) is 0 Å². The van der Waals surface area contributed by atoms with E-state index in [1.165, 1.54) is 0 Å². The Morgan fingerprint density at radius 1 is 0.739 bits per heavy atom. The standard InChI is InChI=1S/C13H28O8P2/c1-6-17-12(14)11-13(22(15,18-7-2)19-8-3)23(16,20-9-4)21-10-5/h13H,6-11H2,1-5H3. The highest BCUT2D eigenvalue weighted by atomic mass is 31.2. The molecule has 0 rings (SSSR count). The summed E-state index contributed by atoms with van der Waals surface area (Å²) in [7, 11) is -7.80. The fourth-order valence-electron chi connectivity index (χ4n) is 1.90. The van der Waals surface area contributed by atoms with E-state index in [4.69, 9.17) is 22.8 Å². The van der Waals surface area contributed by atoms with Crippen LogP contribution in [0.15, 0.2) is 0 Å². The molecule has 23 heavy (non-hydrogen) atoms. The third-order valence-corrected chi connectivity index (χ3v) is 8.62. The Kier molecular flexibility index (Phi) is 11.2. The Balaban J connectivity index is 5.79. The van der Waals surface area contributed by atoms with Gasteiger partial charge in [0.15, 0.2) is 5.40 Å². The van der Waals surface area contributed by atoms with Crippen molar-refractivity contribution < 1.29 is 36.8 Å². The molecule has 0 atom stereocenters. The molecule has 138 valence electrons. The van der Waals surface area contributed by atoms with Crippen LogP contribution in [0.4, 0.5) is 0 Å². The minimum atomic E-state index is -3.90. The van der Waals surface area contributed by atoms with Crippen molar-refractivity contribution in [1.29, 1.82) is 0 Å². The van der Waals surface area contributed by atoms with Crippen molar-refractivity contribution in [3.8, 4) is 0 Å². The lowest BCUT2D eigenvalue weighted by atomic mass is 10.5. The Morgan fingerprint density at radius 3 is 1.35 bits per heavy atom. The number of esters is 1. The number of rotatable bonds is 13. The minimum absolute atomic E-state index is 0.0643. The predicted molar refractivity (Wildman–Crippen MR) is 86.8 cm³/mol. The molecule has 0 unspecified atom stereocenters. The lowest BCUT2D eigenvalue weighted by Gasteiger charge is -2.30. The summed E-state index contributed by atoms with van der Waals surface area (Å²) in [4.78, 5) is 11.9. The van der Waals surface area contributed by atoms with Crippen LogP contribution < -0.4 is 0 Å². The van der Waals surface area contributed by atoms with Crippen molar-refractivity contribution in [2.45, 2.75) is 46.4 Å². The highest BCUT2D eigenvalue weighted by Crippen LogP contribution is 2.71. The van der Waals surface area contributed by atoms with Crippen LogP contribution in [0.2, 0.25) is 0 Å². The number of hydrogen-bond donors (Lipinski definition) is 0. The molecule has 0 aliphatic heterocycles. The minimum Gasteiger partial charge on any atom is -0.466 e. The SMILES string of the molecule is CCOC(=O)CC(P(=O)(OCC)OCC)P(=O)(OCC)OCC. The molecule has 0 amide bonds. The van der Waals surface area contributed by atoms with Crippen LogP contribution in [0.3, 0.4) is 0 Å². The molecule has 0 aliphatic carbocycles. The molecule has 10 heteroatoms. The lowest BCUT2D eigenvalue weighted by Crippen LogP contribution is -2.22. The van der Waals surface area contributed by atoms with Gasteiger partial charge in [-0.25, -0.2) is 0 Å². The van der Waals surface area contributed by atoms with Gasteiger partial charge in [0.05, 0.1) is 39.5 Å². The first-order valence-electron chi connectivity index (χ1n) is 7.76. The summed E-state index contributed by atoms with van der Waals surface area (Å²) in [6, 6.07) is 0. The molecule has 0 bridgehead atoms. The van der Waals surface area contributed by atoms with Crippen molar-refractivity contribution in [1.82, 2.24) is 0 Å². The van der Waals surface area contributed by atoms with Gasteiger partial charge in [-0.1, -0.05) is 0 Å². The fourth-order valence-corrected chi connectivity index (χ4v) is 7.11. The number of carbonyl (C=O) groups excluding carboxylic acids is 1. The van der Waals surface area contributed by atoms with E-state index in [0.717, 1.165) is 0 Å². The van der Waals surface area contributed by atoms with Gasteiger partial charge >= 0.3 is 21.2 Å². The summed E-state index contributed by atoms with van der Waals surface area (Å²) in [6.07, 6.45) is -0.442. The summed E-state index contributed by atoms with van der Waals surface area (Å²) in [5, 5.41) is -1.37. The molecule has 0 heterocycles. The Labute approximate surface area is 138 Å². The van der Waals surface area contributed by atoms with E-state index >= 15 is 0 Å². The molecule has 0 saturated carbocycles. The lowest BCUT2D eigenvalue weighted by molar-refractivity contribution is -0.143. The van der Waals surface area contributed by atoms with Crippen LogP contribution in [-0.2, 0) is 36.8 Å². The van der Waals surface area contributed by atoms with Gasteiger partial charge in [0.25, 0.3) is 0 Å². The highest BCUT2D eigenvalue weighted by Gasteiger charge is 2.52. The maximum Gasteiger partial charge on any atom is 0.346 e. The van der Waals surface area contributed by atoms with Gasteiger partial charge in [-0.05, 0) is 34.6 Å². The first-order chi connectivity index (χ1) is 10.8. The van der Waals surface area contributed by atoms with Crippen LogP contribution in [0, 0.1) is 0 Å². The zero-order valence-corrected chi connectivity index (χ0v) is 16.3. The van der Waals surface area contributed by atoms with E-state index in [0.29, 0.717) is 0 Å². The second-order valence-electron chi connectivity index (χ2n) is 4.24. The third-order valence-electron chi connectivity index (χ3n) is 2.62. The number of ether oxygens (including phenoxy) is 1. The van der Waals surface area contributed by atoms with Gasteiger partial charge in [-0.3, -0.25) is 13.9 Å². The molecule has 0 aliphatic rings. The molecule has 0 spiro atoms. The smallest absolute Gasteiger partial charge is 0.346 e. The van der Waals surface area contributed by atoms with Crippen LogP contribution in [0.1, 0.15) is 41.0 Å². The molecule has 0 fully saturated rings. The van der Waals surface area contributed by atoms with Gasteiger partial charge in [0.2, 0.25) is 0 Å². The zero-order chi connectivity index (χ0) is 17.9. The van der Waals surface area contributed by atoms with E-state index in [1.807, 2.05) is 0 Å². The first-order valence-corrected chi connectivity index (χ1v) is 11.0. The topological polar surface area (TPSA) is 97.4 Å². The van der Waals surface area contributed by atoms with E-state index < -0.39 is 33.0 Å². The summed E-state index contributed by atoms with van der Waals surface area (Å²) in [5.74, 6) is -0.670. The van der Waals surface area contributed by atoms with Crippen LogP contribution in [0.25, 0.3) is 0 Å². The normalized spacial score (nSPS) is 12.6. The molecule has 0 N–H and O–H groups in total. The zero-order valence-electron chi connectivity index (χ0n) is 14.5. The monoisotopic (exact) mass is 374 g/mol. The third kappa shape index (κ3) is 7.04.